The van der Waals surface area contributed by atoms with Crippen LogP contribution in [-0.2, 0) is 70.1 Å². The first-order valence-corrected chi connectivity index (χ1v) is 33.8. The second-order valence-electron chi connectivity index (χ2n) is 27.5. The third-order valence-electron chi connectivity index (χ3n) is 20.2. The van der Waals surface area contributed by atoms with Gasteiger partial charge in [0, 0.05) is 70.0 Å². The number of halogens is 4. The van der Waals surface area contributed by atoms with Crippen LogP contribution in [0.4, 0.5) is 13.2 Å². The zero-order valence-corrected chi connectivity index (χ0v) is 59.2. The fraction of sp³-hybridized carbons (Fsp3) is 0.731. The molecule has 0 unspecified atom stereocenters. The van der Waals surface area contributed by atoms with Crippen molar-refractivity contribution < 1.29 is 70.7 Å². The summed E-state index contributed by atoms with van der Waals surface area (Å²) in [7, 11) is 12.6. The van der Waals surface area contributed by atoms with Crippen molar-refractivity contribution >= 4 is 82.5 Å². The molecular formula is C67H104ClF3N12O12. The van der Waals surface area contributed by atoms with E-state index < -0.39 is 173 Å². The molecule has 11 atom stereocenters. The van der Waals surface area contributed by atoms with Crippen LogP contribution in [0.2, 0.25) is 5.02 Å². The molecule has 1 aromatic carbocycles. The monoisotopic (exact) mass is 1360 g/mol. The van der Waals surface area contributed by atoms with E-state index in [9.17, 15) is 65.9 Å². The van der Waals surface area contributed by atoms with Crippen LogP contribution < -0.4 is 16.0 Å². The Bertz CT molecular complexity index is 2960. The number of alkyl halides is 3. The highest BCUT2D eigenvalue weighted by molar-refractivity contribution is 6.31. The quantitative estimate of drug-likeness (QED) is 0.275. The Hall–Kier alpha value is -7.06. The summed E-state index contributed by atoms with van der Waals surface area (Å²) in [4.78, 5) is 186. The molecule has 95 heavy (non-hydrogen) atoms. The molecule has 0 spiro atoms. The molecule has 24 nitrogen and oxygen atoms in total. The third-order valence-corrected chi connectivity index (χ3v) is 20.5. The Labute approximate surface area is 563 Å². The van der Waals surface area contributed by atoms with Crippen molar-refractivity contribution in [3.8, 4) is 0 Å². The summed E-state index contributed by atoms with van der Waals surface area (Å²) in [6.45, 7) is 11.1. The van der Waals surface area contributed by atoms with E-state index in [4.69, 9.17) is 11.6 Å². The number of hydrogen-bond acceptors (Lipinski definition) is 12. The number of fused-ring (bicyclic) bond motifs is 1. The van der Waals surface area contributed by atoms with E-state index >= 15 is 4.79 Å². The van der Waals surface area contributed by atoms with E-state index in [1.165, 1.54) is 120 Å². The van der Waals surface area contributed by atoms with Gasteiger partial charge in [-0.1, -0.05) is 96.7 Å². The van der Waals surface area contributed by atoms with E-state index in [0.717, 1.165) is 71.8 Å². The van der Waals surface area contributed by atoms with E-state index in [2.05, 4.69) is 16.0 Å². The van der Waals surface area contributed by atoms with Gasteiger partial charge in [0.2, 0.25) is 70.9 Å². The van der Waals surface area contributed by atoms with E-state index in [1.54, 1.807) is 6.92 Å². The molecule has 1 aromatic rings. The van der Waals surface area contributed by atoms with E-state index in [0.29, 0.717) is 19.3 Å². The largest absolute Gasteiger partial charge is 0.417 e. The molecule has 4 aliphatic rings. The van der Waals surface area contributed by atoms with Gasteiger partial charge < -0.3 is 60.0 Å². The molecule has 532 valence electrons. The molecule has 2 heterocycles. The highest BCUT2D eigenvalue weighted by atomic mass is 35.5. The average molecular weight is 1360 g/mol. The molecule has 2 saturated carbocycles. The van der Waals surface area contributed by atoms with Gasteiger partial charge in [-0.15, -0.1) is 0 Å². The van der Waals surface area contributed by atoms with Crippen LogP contribution in [-0.4, -0.2) is 252 Å². The highest BCUT2D eigenvalue weighted by Gasteiger charge is 2.48. The van der Waals surface area contributed by atoms with Gasteiger partial charge >= 0.3 is 6.18 Å². The van der Waals surface area contributed by atoms with Gasteiger partial charge in [-0.2, -0.15) is 13.2 Å². The topological polar surface area (TPSA) is 270 Å². The number of amides is 12. The van der Waals surface area contributed by atoms with Gasteiger partial charge in [-0.05, 0) is 107 Å². The first-order chi connectivity index (χ1) is 44.4. The Morgan fingerprint density at radius 1 is 0.653 bits per heavy atom. The minimum Gasteiger partial charge on any atom is -0.347 e. The van der Waals surface area contributed by atoms with Gasteiger partial charge in [0.25, 0.3) is 0 Å². The Kier molecular flexibility index (Phi) is 28.3. The van der Waals surface area contributed by atoms with Crippen LogP contribution >= 0.6 is 11.6 Å². The summed E-state index contributed by atoms with van der Waals surface area (Å²) in [5.74, 6) is -9.36. The van der Waals surface area contributed by atoms with Crippen molar-refractivity contribution in [2.45, 2.75) is 218 Å². The molecule has 28 heteroatoms. The van der Waals surface area contributed by atoms with Crippen LogP contribution in [0.15, 0.2) is 18.2 Å². The van der Waals surface area contributed by atoms with Crippen molar-refractivity contribution in [3.63, 3.8) is 0 Å². The van der Waals surface area contributed by atoms with Gasteiger partial charge in [-0.25, -0.2) is 0 Å². The van der Waals surface area contributed by atoms with Crippen LogP contribution in [0, 0.1) is 23.7 Å². The van der Waals surface area contributed by atoms with Gasteiger partial charge in [0.1, 0.15) is 60.4 Å². The Morgan fingerprint density at radius 3 is 1.80 bits per heavy atom. The van der Waals surface area contributed by atoms with Crippen molar-refractivity contribution in [1.82, 2.24) is 60.0 Å². The standard InChI is InChI=1S/C67H104ClF3N12O12/c1-17-39(4)55-65(94)78(12)42(7)60(89)83-32-31-49(83)64(93)80(14)51(35-43-23-19-18-20-24-43)63(92)76(10)37-53(84)73-48(30-28-44-27-29-46(47(68)34-44)67(69,70)71)61(90)77(11)41(6)57(86)72-40(5)59(88)82(16)56(45-25-21-22-26-45)66(95)81(15)52(62(91)75(8)9)36-54(85)79(13)50(33-38(2)3)58(87)74-55/h27,29,34,38-43,45,48-52,55-56H,17-26,28,30-33,35-37H2,1-16H3,(H,72,86)(H,73,84)(H,74,87)/t39-,40-,41-,42-,48-,49-,50-,51-,52-,55-,56-/m0/s1. The first kappa shape index (κ1) is 78.6. The van der Waals surface area contributed by atoms with Gasteiger partial charge in [0.15, 0.2) is 0 Å². The lowest BCUT2D eigenvalue weighted by Crippen LogP contribution is -2.65. The van der Waals surface area contributed by atoms with Gasteiger partial charge in [0.05, 0.1) is 23.6 Å². The first-order valence-electron chi connectivity index (χ1n) is 33.5. The normalized spacial score (nSPS) is 27.6. The predicted octanol–water partition coefficient (Wildman–Crippen LogP) is 4.57. The summed E-state index contributed by atoms with van der Waals surface area (Å²) in [6.07, 6.45) is 2.06. The molecule has 0 radical (unpaired) electrons. The van der Waals surface area contributed by atoms with E-state index in [1.807, 2.05) is 20.8 Å². The third kappa shape index (κ3) is 19.6. The lowest BCUT2D eigenvalue weighted by Gasteiger charge is -2.45. The van der Waals surface area contributed by atoms with Crippen LogP contribution in [0.3, 0.4) is 0 Å². The zero-order chi connectivity index (χ0) is 71.4. The Balaban J connectivity index is 1.59. The Morgan fingerprint density at radius 2 is 1.25 bits per heavy atom. The number of benzene rings is 1. The summed E-state index contributed by atoms with van der Waals surface area (Å²) >= 11 is 6.09. The zero-order valence-electron chi connectivity index (χ0n) is 58.5. The molecule has 2 aliphatic heterocycles. The second-order valence-corrected chi connectivity index (χ2v) is 28.0. The molecule has 2 aliphatic carbocycles. The number of hydrogen-bond donors (Lipinski definition) is 3. The van der Waals surface area contributed by atoms with E-state index in [-0.39, 0.29) is 56.0 Å². The molecule has 0 aromatic heterocycles. The predicted molar refractivity (Wildman–Crippen MR) is 350 cm³/mol. The number of nitrogens with one attached hydrogen (secondary N) is 3. The fourth-order valence-corrected chi connectivity index (χ4v) is 13.6. The number of aryl methyl sites for hydroxylation is 1. The minimum absolute atomic E-state index is 0.0175. The molecule has 2 saturated heterocycles. The molecule has 12 amide bonds. The number of carbonyl (C=O) groups is 12. The summed E-state index contributed by atoms with van der Waals surface area (Å²) in [5.41, 5.74) is -0.813. The molecular weight excluding hydrogens is 1260 g/mol. The lowest BCUT2D eigenvalue weighted by molar-refractivity contribution is -0.160. The van der Waals surface area contributed by atoms with Crippen molar-refractivity contribution in [2.75, 3.05) is 76.5 Å². The smallest absolute Gasteiger partial charge is 0.347 e. The number of nitrogens with zero attached hydrogens (tertiary/aromatic N) is 9. The SMILES string of the molecule is CC[C@H](C)[C@@H]1NC(=O)[C@H](CC(C)C)N(C)C(=O)C[C@@H](C(=O)N(C)C)N(C)C(=O)[C@H](C2CCCC2)N(C)C(=O)[C@H](C)NC(=O)[C@H](C)N(C)C(=O)[C@H](CCc2ccc(C(F)(F)F)c(Cl)c2)NC(=O)CN(C)C(=O)[C@H](CC2CCCCC2)N(C)C(=O)[C@@H]2CCN2C(=O)[C@H](C)N(C)C1=O. The van der Waals surface area contributed by atoms with Crippen LogP contribution in [0.1, 0.15) is 156 Å². The van der Waals surface area contributed by atoms with Crippen molar-refractivity contribution in [3.05, 3.63) is 34.3 Å². The average Bonchev–Trinajstić information content (AvgIpc) is 0.814. The molecule has 0 bridgehead atoms. The minimum atomic E-state index is -4.76. The maximum absolute atomic E-state index is 15.1. The maximum atomic E-state index is 15.1. The van der Waals surface area contributed by atoms with Gasteiger partial charge in [-0.3, -0.25) is 57.5 Å². The molecule has 4 fully saturated rings. The molecule has 3 N–H and O–H groups in total. The number of rotatable bonds is 11. The fourth-order valence-electron chi connectivity index (χ4n) is 13.3. The van der Waals surface area contributed by atoms with Crippen molar-refractivity contribution in [1.29, 1.82) is 0 Å². The highest BCUT2D eigenvalue weighted by Crippen LogP contribution is 2.36. The lowest BCUT2D eigenvalue weighted by atomic mass is 9.84. The number of carbonyl (C=O) groups excluding carboxylic acids is 12. The second kappa shape index (κ2) is 34.2. The van der Waals surface area contributed by atoms with Crippen LogP contribution in [0.25, 0.3) is 0 Å². The van der Waals surface area contributed by atoms with Crippen molar-refractivity contribution in [2.24, 2.45) is 23.7 Å². The van der Waals surface area contributed by atoms with Crippen LogP contribution in [0.5, 0.6) is 0 Å². The summed E-state index contributed by atoms with van der Waals surface area (Å²) in [6, 6.07) is -9.48. The summed E-state index contributed by atoms with van der Waals surface area (Å²) in [5, 5.41) is 7.63. The maximum Gasteiger partial charge on any atom is 0.417 e. The number of likely N-dealkylation sites (N-methyl/N-ethyl adjacent to an activating group) is 8. The molecule has 5 rings (SSSR count). The summed E-state index contributed by atoms with van der Waals surface area (Å²) < 4.78 is 41.3.